The van der Waals surface area contributed by atoms with Gasteiger partial charge in [-0.2, -0.15) is 0 Å². The maximum absolute atomic E-state index is 13.1. The van der Waals surface area contributed by atoms with Crippen molar-refractivity contribution in [3.05, 3.63) is 44.5 Å². The third-order valence-corrected chi connectivity index (χ3v) is 9.18. The molecule has 0 radical (unpaired) electrons. The second kappa shape index (κ2) is 15.9. The maximum Gasteiger partial charge on any atom is 0.371 e. The van der Waals surface area contributed by atoms with Gasteiger partial charge in [0.05, 0.1) is 13.2 Å². The zero-order valence-electron chi connectivity index (χ0n) is 23.4. The summed E-state index contributed by atoms with van der Waals surface area (Å²) in [6, 6.07) is 1.22. The minimum Gasteiger partial charge on any atom is -0.374 e. The van der Waals surface area contributed by atoms with Crippen LogP contribution < -0.4 is 11.2 Å². The fourth-order valence-corrected chi connectivity index (χ4v) is 6.91. The van der Waals surface area contributed by atoms with Gasteiger partial charge in [0, 0.05) is 31.5 Å². The van der Waals surface area contributed by atoms with Gasteiger partial charge in [-0.15, -0.1) is 0 Å². The molecule has 0 amide bonds. The largest absolute Gasteiger partial charge is 0.374 e. The number of hydrogen-bond donors (Lipinski definition) is 1. The van der Waals surface area contributed by atoms with Crippen LogP contribution in [0.25, 0.3) is 4.85 Å². The van der Waals surface area contributed by atoms with E-state index in [-0.39, 0.29) is 38.4 Å². The molecule has 0 spiro atoms. The van der Waals surface area contributed by atoms with Gasteiger partial charge in [0.1, 0.15) is 24.8 Å². The number of aromatic amines is 1. The predicted octanol–water partition coefficient (Wildman–Crippen LogP) is 3.37. The standard InChI is InChI=1S/C23H39N5O9P2/c1-9-34-39(31,35-10-2)15-25-21-19(37-38(33-14-12-24-7)28(16(3)4)17(5)6)20(32-8)22(36-21)27-13-11-18(29)26-23(27)30/h11,13,15-17,19-22H,9-10,12,14H2,1-6,8H3,(H,26,29,30)/b25-15+/t19?,20?,21-,22+,38?/m0/s1. The lowest BCUT2D eigenvalue weighted by atomic mass is 10.2. The molecule has 0 saturated carbocycles. The summed E-state index contributed by atoms with van der Waals surface area (Å²) in [6.45, 7) is 19.0. The molecule has 1 aromatic heterocycles. The summed E-state index contributed by atoms with van der Waals surface area (Å²) in [7, 11) is -4.03. The van der Waals surface area contributed by atoms with Gasteiger partial charge in [0.25, 0.3) is 14.1 Å². The summed E-state index contributed by atoms with van der Waals surface area (Å²) < 4.78 is 51.3. The third-order valence-electron chi connectivity index (χ3n) is 5.40. The normalized spacial score (nSPS) is 22.8. The SMILES string of the molecule is [C-]#[N+]CCOP(OC1C(OC)[C@H](n2ccc(=O)[nH]c2=O)O[C@@H]1/N=C/P(=O)(OCC)OCC)N(C(C)C)C(C)C. The molecule has 0 bridgehead atoms. The summed E-state index contributed by atoms with van der Waals surface area (Å²) in [5, 5.41) is 0. The van der Waals surface area contributed by atoms with Crippen LogP contribution in [0, 0.1) is 6.57 Å². The molecule has 39 heavy (non-hydrogen) atoms. The maximum atomic E-state index is 13.1. The average Bonchev–Trinajstić information content (AvgIpc) is 3.19. The van der Waals surface area contributed by atoms with Crippen molar-refractivity contribution in [2.75, 3.05) is 33.5 Å². The van der Waals surface area contributed by atoms with Crippen molar-refractivity contribution in [2.45, 2.75) is 78.3 Å². The van der Waals surface area contributed by atoms with Gasteiger partial charge in [-0.3, -0.25) is 23.9 Å². The van der Waals surface area contributed by atoms with Crippen LogP contribution in [0.3, 0.4) is 0 Å². The van der Waals surface area contributed by atoms with E-state index >= 15 is 0 Å². The van der Waals surface area contributed by atoms with Gasteiger partial charge in [-0.25, -0.2) is 16.0 Å². The topological polar surface area (TPSA) is 147 Å². The summed E-state index contributed by atoms with van der Waals surface area (Å²) in [5.41, 5.74) is -1.28. The first-order valence-corrected chi connectivity index (χ1v) is 15.4. The number of methoxy groups -OCH3 is 1. The number of rotatable bonds is 16. The predicted molar refractivity (Wildman–Crippen MR) is 147 cm³/mol. The Morgan fingerprint density at radius 3 is 2.38 bits per heavy atom. The Bertz CT molecular complexity index is 1120. The fraction of sp³-hybridized carbons (Fsp3) is 0.739. The highest BCUT2D eigenvalue weighted by molar-refractivity contribution is 7.69. The van der Waals surface area contributed by atoms with Crippen LogP contribution in [0.15, 0.2) is 26.8 Å². The van der Waals surface area contributed by atoms with Crippen molar-refractivity contribution in [1.29, 1.82) is 0 Å². The molecule has 1 fully saturated rings. The molecule has 1 N–H and O–H groups in total. The Morgan fingerprint density at radius 1 is 1.23 bits per heavy atom. The molecule has 1 aliphatic rings. The molecular weight excluding hydrogens is 552 g/mol. The van der Waals surface area contributed by atoms with Gasteiger partial charge in [-0.1, -0.05) is 0 Å². The van der Waals surface area contributed by atoms with Gasteiger partial charge >= 0.3 is 13.3 Å². The molecule has 14 nitrogen and oxygen atoms in total. The van der Waals surface area contributed by atoms with Gasteiger partial charge < -0.3 is 32.4 Å². The van der Waals surface area contributed by atoms with E-state index in [1.807, 2.05) is 32.4 Å². The molecule has 2 rings (SSSR count). The molecule has 0 aliphatic carbocycles. The van der Waals surface area contributed by atoms with Gasteiger partial charge in [0.2, 0.25) is 6.54 Å². The molecule has 1 aromatic rings. The number of aliphatic imine (C=N–C) groups is 1. The highest BCUT2D eigenvalue weighted by atomic mass is 31.2. The minimum absolute atomic E-state index is 0.0167. The molecule has 5 atom stereocenters. The highest BCUT2D eigenvalue weighted by Crippen LogP contribution is 2.51. The zero-order valence-corrected chi connectivity index (χ0v) is 25.2. The lowest BCUT2D eigenvalue weighted by Gasteiger charge is -2.37. The van der Waals surface area contributed by atoms with Crippen LogP contribution in [0.2, 0.25) is 0 Å². The molecule has 3 unspecified atom stereocenters. The molecule has 2 heterocycles. The van der Waals surface area contributed by atoms with Crippen LogP contribution >= 0.6 is 16.1 Å². The number of hydrogen-bond acceptors (Lipinski definition) is 11. The van der Waals surface area contributed by atoms with Crippen LogP contribution in [0.4, 0.5) is 0 Å². The molecule has 220 valence electrons. The van der Waals surface area contributed by atoms with E-state index < -0.39 is 52.0 Å². The molecule has 1 aliphatic heterocycles. The fourth-order valence-electron chi connectivity index (χ4n) is 3.96. The van der Waals surface area contributed by atoms with Crippen LogP contribution in [-0.2, 0) is 32.1 Å². The summed E-state index contributed by atoms with van der Waals surface area (Å²) in [6.07, 6.45) is -2.74. The molecule has 0 aromatic carbocycles. The Balaban J connectivity index is 2.56. The first-order valence-electron chi connectivity index (χ1n) is 12.7. The van der Waals surface area contributed by atoms with Crippen molar-refractivity contribution >= 4 is 22.1 Å². The number of nitrogens with zero attached hydrogens (tertiary/aromatic N) is 4. The Morgan fingerprint density at radius 2 is 1.87 bits per heavy atom. The third kappa shape index (κ3) is 9.11. The molecule has 1 saturated heterocycles. The summed E-state index contributed by atoms with van der Waals surface area (Å²) in [4.78, 5) is 34.2. The smallest absolute Gasteiger partial charge is 0.371 e. The second-order valence-corrected chi connectivity index (χ2v) is 12.1. The number of nitrogens with one attached hydrogen (secondary N) is 1. The van der Waals surface area contributed by atoms with Crippen molar-refractivity contribution in [3.8, 4) is 0 Å². The minimum atomic E-state index is -3.69. The van der Waals surface area contributed by atoms with Gasteiger partial charge in [-0.05, 0) is 41.5 Å². The van der Waals surface area contributed by atoms with Crippen molar-refractivity contribution in [2.24, 2.45) is 4.99 Å². The quantitative estimate of drug-likeness (QED) is 0.131. The Labute approximate surface area is 229 Å². The lowest BCUT2D eigenvalue weighted by Crippen LogP contribution is -2.41. The average molecular weight is 592 g/mol. The number of H-pyrrole nitrogens is 1. The summed E-state index contributed by atoms with van der Waals surface area (Å²) in [5.74, 6) is 1.07. The van der Waals surface area contributed by atoms with Crippen LogP contribution in [-0.4, -0.2) is 84.2 Å². The molecular formula is C23H39N5O9P2. The van der Waals surface area contributed by atoms with E-state index in [4.69, 9.17) is 34.1 Å². The van der Waals surface area contributed by atoms with E-state index in [1.54, 1.807) is 13.8 Å². The Kier molecular flexibility index (Phi) is 13.6. The molecule has 16 heteroatoms. The second-order valence-electron chi connectivity index (χ2n) is 8.87. The highest BCUT2D eigenvalue weighted by Gasteiger charge is 2.50. The first-order chi connectivity index (χ1) is 18.5. The van der Waals surface area contributed by atoms with Gasteiger partial charge in [0.15, 0.2) is 12.5 Å². The van der Waals surface area contributed by atoms with Crippen LogP contribution in [0.1, 0.15) is 47.8 Å². The first kappa shape index (κ1) is 33.4. The number of ether oxygens (including phenoxy) is 2. The van der Waals surface area contributed by atoms with E-state index in [9.17, 15) is 14.2 Å². The van der Waals surface area contributed by atoms with Crippen molar-refractivity contribution in [3.63, 3.8) is 0 Å². The van der Waals surface area contributed by atoms with Crippen molar-refractivity contribution in [1.82, 2.24) is 14.2 Å². The van der Waals surface area contributed by atoms with E-state index in [1.165, 1.54) is 19.4 Å². The summed E-state index contributed by atoms with van der Waals surface area (Å²) >= 11 is 0. The number of aromatic nitrogens is 2. The van der Waals surface area contributed by atoms with E-state index in [2.05, 4.69) is 14.8 Å². The lowest BCUT2D eigenvalue weighted by molar-refractivity contribution is -0.0521. The zero-order chi connectivity index (χ0) is 29.2. The monoisotopic (exact) mass is 591 g/mol. The van der Waals surface area contributed by atoms with Crippen LogP contribution in [0.5, 0.6) is 0 Å². The van der Waals surface area contributed by atoms with Crippen molar-refractivity contribution < 1.29 is 32.1 Å². The Hall–Kier alpha value is -1.78. The van der Waals surface area contributed by atoms with E-state index in [0.717, 1.165) is 10.5 Å². The van der Waals surface area contributed by atoms with E-state index in [0.29, 0.717) is 0 Å².